The molecule has 1 aliphatic carbocycles. The van der Waals surface area contributed by atoms with Crippen molar-refractivity contribution in [2.45, 2.75) is 51.1 Å². The number of benzene rings is 1. The highest BCUT2D eigenvalue weighted by molar-refractivity contribution is 6.34. The van der Waals surface area contributed by atoms with Crippen LogP contribution in [0.2, 0.25) is 5.02 Å². The smallest absolute Gasteiger partial charge is 0.142 e. The summed E-state index contributed by atoms with van der Waals surface area (Å²) in [5.74, 6) is 1.71. The molecule has 0 amide bonds. The lowest BCUT2D eigenvalue weighted by Crippen LogP contribution is -2.48. The van der Waals surface area contributed by atoms with E-state index < -0.39 is 0 Å². The number of anilines is 1. The van der Waals surface area contributed by atoms with E-state index in [0.29, 0.717) is 18.1 Å². The molecule has 0 saturated heterocycles. The summed E-state index contributed by atoms with van der Waals surface area (Å²) in [6.07, 6.45) is 5.73. The molecule has 1 saturated carbocycles. The Morgan fingerprint density at radius 3 is 2.78 bits per heavy atom. The first-order chi connectivity index (χ1) is 13.1. The molecule has 3 N–H and O–H groups in total. The van der Waals surface area contributed by atoms with Crippen LogP contribution in [0.1, 0.15) is 50.4 Å². The first-order valence-electron chi connectivity index (χ1n) is 9.89. The predicted molar refractivity (Wildman–Crippen MR) is 110 cm³/mol. The van der Waals surface area contributed by atoms with Gasteiger partial charge >= 0.3 is 0 Å². The van der Waals surface area contributed by atoms with Gasteiger partial charge in [0.1, 0.15) is 11.3 Å². The summed E-state index contributed by atoms with van der Waals surface area (Å²) >= 11 is 6.66. The molecule has 146 valence electrons. The van der Waals surface area contributed by atoms with E-state index in [1.54, 1.807) is 0 Å². The largest absolute Gasteiger partial charge is 0.459 e. The Morgan fingerprint density at radius 1 is 1.30 bits per heavy atom. The zero-order chi connectivity index (χ0) is 19.0. The van der Waals surface area contributed by atoms with E-state index in [1.165, 1.54) is 19.3 Å². The molecule has 5 nitrogen and oxygen atoms in total. The Hall–Kier alpha value is -1.69. The third-order valence-electron chi connectivity index (χ3n) is 5.90. The molecule has 1 aromatic carbocycles. The molecule has 0 radical (unpaired) electrons. The number of furan rings is 1. The fraction of sp³-hybridized carbons (Fsp3) is 0.524. The highest BCUT2D eigenvalue weighted by Gasteiger charge is 2.42. The van der Waals surface area contributed by atoms with Gasteiger partial charge in [0, 0.05) is 17.5 Å². The van der Waals surface area contributed by atoms with Crippen LogP contribution in [0.25, 0.3) is 11.0 Å². The number of aliphatic hydroxyl groups excluding tert-OH is 1. The van der Waals surface area contributed by atoms with Crippen LogP contribution in [0.4, 0.5) is 5.69 Å². The topological polar surface area (TPSA) is 60.7 Å². The molecular weight excluding hydrogens is 362 g/mol. The number of nitrogens with one attached hydrogen (secondary N) is 2. The first kappa shape index (κ1) is 18.7. The SMILES string of the molecule is C=C1Nc2c(Cl)cc3cc(CN(CC)CCO)oc3c2C2(CCCCC2)N1. The van der Waals surface area contributed by atoms with Crippen molar-refractivity contribution in [3.8, 4) is 0 Å². The van der Waals surface area contributed by atoms with Crippen molar-refractivity contribution in [2.24, 2.45) is 0 Å². The van der Waals surface area contributed by atoms with Crippen LogP contribution in [-0.2, 0) is 12.1 Å². The van der Waals surface area contributed by atoms with Crippen molar-refractivity contribution in [2.75, 3.05) is 25.0 Å². The quantitative estimate of drug-likeness (QED) is 0.700. The third-order valence-corrected chi connectivity index (χ3v) is 6.20. The number of likely N-dealkylation sites (N-methyl/N-ethyl adjacent to an activating group) is 1. The number of halogens is 1. The zero-order valence-corrected chi connectivity index (χ0v) is 16.7. The number of rotatable bonds is 5. The second kappa shape index (κ2) is 7.38. The Morgan fingerprint density at radius 2 is 2.07 bits per heavy atom. The lowest BCUT2D eigenvalue weighted by atomic mass is 9.74. The van der Waals surface area contributed by atoms with Gasteiger partial charge in [0.05, 0.1) is 35.2 Å². The minimum absolute atomic E-state index is 0.147. The Kier molecular flexibility index (Phi) is 5.10. The maximum absolute atomic E-state index is 9.26. The lowest BCUT2D eigenvalue weighted by Gasteiger charge is -2.44. The van der Waals surface area contributed by atoms with Gasteiger partial charge in [-0.2, -0.15) is 0 Å². The van der Waals surface area contributed by atoms with Crippen molar-refractivity contribution in [3.05, 3.63) is 40.9 Å². The van der Waals surface area contributed by atoms with E-state index >= 15 is 0 Å². The number of hydrogen-bond acceptors (Lipinski definition) is 5. The summed E-state index contributed by atoms with van der Waals surface area (Å²) < 4.78 is 6.37. The average Bonchev–Trinajstić information content (AvgIpc) is 3.03. The molecule has 1 aromatic heterocycles. The molecule has 0 unspecified atom stereocenters. The molecule has 1 aliphatic heterocycles. The number of nitrogens with zero attached hydrogens (tertiary/aromatic N) is 1. The number of fused-ring (bicyclic) bond motifs is 4. The van der Waals surface area contributed by atoms with Crippen molar-refractivity contribution in [1.29, 1.82) is 0 Å². The van der Waals surface area contributed by atoms with Gasteiger partial charge in [-0.3, -0.25) is 4.90 Å². The monoisotopic (exact) mass is 389 g/mol. The van der Waals surface area contributed by atoms with E-state index in [9.17, 15) is 5.11 Å². The molecular formula is C21H28ClN3O2. The fourth-order valence-electron chi connectivity index (χ4n) is 4.63. The highest BCUT2D eigenvalue weighted by Crippen LogP contribution is 2.49. The summed E-state index contributed by atoms with van der Waals surface area (Å²) in [6.45, 7) is 8.54. The first-order valence-corrected chi connectivity index (χ1v) is 10.3. The summed E-state index contributed by atoms with van der Waals surface area (Å²) in [5.41, 5.74) is 2.83. The Bertz CT molecular complexity index is 855. The van der Waals surface area contributed by atoms with Gasteiger partial charge < -0.3 is 20.2 Å². The van der Waals surface area contributed by atoms with Crippen molar-refractivity contribution >= 4 is 28.3 Å². The number of hydrogen-bond donors (Lipinski definition) is 3. The predicted octanol–water partition coefficient (Wildman–Crippen LogP) is 4.55. The van der Waals surface area contributed by atoms with Crippen LogP contribution < -0.4 is 10.6 Å². The van der Waals surface area contributed by atoms with Crippen molar-refractivity contribution in [3.63, 3.8) is 0 Å². The molecule has 1 fully saturated rings. The van der Waals surface area contributed by atoms with Crippen LogP contribution in [0.3, 0.4) is 0 Å². The van der Waals surface area contributed by atoms with Gasteiger partial charge in [-0.15, -0.1) is 0 Å². The minimum atomic E-state index is -0.163. The fourth-order valence-corrected chi connectivity index (χ4v) is 4.89. The second-order valence-electron chi connectivity index (χ2n) is 7.70. The van der Waals surface area contributed by atoms with E-state index in [-0.39, 0.29) is 12.1 Å². The van der Waals surface area contributed by atoms with Crippen molar-refractivity contribution < 1.29 is 9.52 Å². The molecule has 2 heterocycles. The second-order valence-corrected chi connectivity index (χ2v) is 8.11. The van der Waals surface area contributed by atoms with Gasteiger partial charge in [0.2, 0.25) is 0 Å². The number of aliphatic hydroxyl groups is 1. The van der Waals surface area contributed by atoms with Gasteiger partial charge in [-0.25, -0.2) is 0 Å². The zero-order valence-electron chi connectivity index (χ0n) is 15.9. The highest BCUT2D eigenvalue weighted by atomic mass is 35.5. The summed E-state index contributed by atoms with van der Waals surface area (Å²) in [5, 5.41) is 18.0. The van der Waals surface area contributed by atoms with Crippen LogP contribution >= 0.6 is 11.6 Å². The van der Waals surface area contributed by atoms with Crippen LogP contribution in [0.5, 0.6) is 0 Å². The molecule has 1 spiro atoms. The summed E-state index contributed by atoms with van der Waals surface area (Å²) in [7, 11) is 0. The third kappa shape index (κ3) is 3.33. The van der Waals surface area contributed by atoms with E-state index in [2.05, 4.69) is 35.1 Å². The van der Waals surface area contributed by atoms with Gasteiger partial charge in [0.25, 0.3) is 0 Å². The van der Waals surface area contributed by atoms with E-state index in [1.807, 2.05) is 6.07 Å². The molecule has 2 aromatic rings. The summed E-state index contributed by atoms with van der Waals surface area (Å²) in [6, 6.07) is 4.06. The van der Waals surface area contributed by atoms with E-state index in [0.717, 1.165) is 53.2 Å². The van der Waals surface area contributed by atoms with Crippen molar-refractivity contribution in [1.82, 2.24) is 10.2 Å². The van der Waals surface area contributed by atoms with Gasteiger partial charge in [0.15, 0.2) is 0 Å². The van der Waals surface area contributed by atoms with Crippen LogP contribution in [-0.4, -0.2) is 29.7 Å². The van der Waals surface area contributed by atoms with Gasteiger partial charge in [-0.1, -0.05) is 44.4 Å². The van der Waals surface area contributed by atoms with E-state index in [4.69, 9.17) is 16.0 Å². The van der Waals surface area contributed by atoms with Crippen LogP contribution in [0, 0.1) is 0 Å². The molecule has 2 aliphatic rings. The Labute approximate surface area is 165 Å². The molecule has 27 heavy (non-hydrogen) atoms. The molecule has 6 heteroatoms. The average molecular weight is 390 g/mol. The normalized spacial score (nSPS) is 18.6. The Balaban J connectivity index is 1.82. The molecule has 0 atom stereocenters. The molecule has 0 bridgehead atoms. The van der Waals surface area contributed by atoms with Gasteiger partial charge in [-0.05, 0) is 31.5 Å². The maximum Gasteiger partial charge on any atom is 0.142 e. The maximum atomic E-state index is 9.26. The lowest BCUT2D eigenvalue weighted by molar-refractivity contribution is 0.188. The molecule has 4 rings (SSSR count). The summed E-state index contributed by atoms with van der Waals surface area (Å²) in [4.78, 5) is 2.17. The minimum Gasteiger partial charge on any atom is -0.459 e. The standard InChI is InChI=1S/C21H28ClN3O2/c1-3-25(9-10-26)13-16-11-15-12-17(22)19-18(20(15)27-16)21(24-14(2)23-19)7-5-4-6-8-21/h11-12,23-24,26H,2-10,13H2,1H3. The van der Waals surface area contributed by atoms with Crippen LogP contribution in [0.15, 0.2) is 28.9 Å².